The minimum Gasteiger partial charge on any atom is -0.486 e. The third-order valence-corrected chi connectivity index (χ3v) is 6.93. The van der Waals surface area contributed by atoms with Gasteiger partial charge in [0.25, 0.3) is 5.56 Å². The molecular formula is C24H32N4O5S. The molecule has 1 aromatic heterocycles. The summed E-state index contributed by atoms with van der Waals surface area (Å²) < 4.78 is 22.6. The van der Waals surface area contributed by atoms with E-state index in [1.165, 1.54) is 0 Å². The third kappa shape index (κ3) is 5.63. The van der Waals surface area contributed by atoms with Gasteiger partial charge in [-0.1, -0.05) is 0 Å². The fourth-order valence-corrected chi connectivity index (χ4v) is 4.81. The molecule has 0 radical (unpaired) electrons. The predicted molar refractivity (Wildman–Crippen MR) is 133 cm³/mol. The van der Waals surface area contributed by atoms with Crippen LogP contribution in [-0.2, 0) is 16.0 Å². The van der Waals surface area contributed by atoms with Crippen LogP contribution in [0, 0.1) is 0 Å². The lowest BCUT2D eigenvalue weighted by atomic mass is 10.1. The average molecular weight is 489 g/mol. The first kappa shape index (κ1) is 23.3. The van der Waals surface area contributed by atoms with Gasteiger partial charge in [-0.2, -0.15) is 0 Å². The van der Waals surface area contributed by atoms with E-state index >= 15 is 0 Å². The summed E-state index contributed by atoms with van der Waals surface area (Å²) in [5.74, 6) is 1.36. The molecule has 0 spiro atoms. The van der Waals surface area contributed by atoms with Crippen molar-refractivity contribution in [3.05, 3.63) is 34.1 Å². The second kappa shape index (κ2) is 10.9. The number of pyridine rings is 1. The zero-order valence-corrected chi connectivity index (χ0v) is 20.2. The molecule has 5 rings (SSSR count). The van der Waals surface area contributed by atoms with Gasteiger partial charge in [-0.15, -0.1) is 0 Å². The van der Waals surface area contributed by atoms with Crippen LogP contribution < -0.4 is 20.3 Å². The summed E-state index contributed by atoms with van der Waals surface area (Å²) in [6, 6.07) is 5.69. The topological polar surface area (TPSA) is 88.3 Å². The van der Waals surface area contributed by atoms with E-state index in [1.54, 1.807) is 0 Å². The summed E-state index contributed by atoms with van der Waals surface area (Å²) >= 11 is 5.76. The molecule has 2 aromatic rings. The number of aromatic amines is 1. The number of morpholine rings is 1. The van der Waals surface area contributed by atoms with Crippen molar-refractivity contribution < 1.29 is 18.9 Å². The smallest absolute Gasteiger partial charge is 0.253 e. The molecule has 0 bridgehead atoms. The zero-order valence-electron chi connectivity index (χ0n) is 19.3. The Hall–Kier alpha value is -2.40. The predicted octanol–water partition coefficient (Wildman–Crippen LogP) is 1.49. The van der Waals surface area contributed by atoms with E-state index in [1.807, 2.05) is 18.2 Å². The summed E-state index contributed by atoms with van der Waals surface area (Å²) in [4.78, 5) is 20.4. The molecule has 9 nitrogen and oxygen atoms in total. The molecule has 184 valence electrons. The lowest BCUT2D eigenvalue weighted by Gasteiger charge is -2.31. The number of nitrogens with one attached hydrogen (secondary N) is 2. The molecule has 0 unspecified atom stereocenters. The molecule has 34 heavy (non-hydrogen) atoms. The van der Waals surface area contributed by atoms with E-state index < -0.39 is 0 Å². The molecule has 10 heteroatoms. The van der Waals surface area contributed by atoms with Gasteiger partial charge in [0.05, 0.1) is 31.4 Å². The van der Waals surface area contributed by atoms with Crippen molar-refractivity contribution in [2.75, 3.05) is 65.8 Å². The number of fused-ring (bicyclic) bond motifs is 2. The quantitative estimate of drug-likeness (QED) is 0.563. The number of nitrogens with zero attached hydrogens (tertiary/aromatic N) is 2. The van der Waals surface area contributed by atoms with Crippen molar-refractivity contribution in [3.8, 4) is 11.5 Å². The number of rotatable bonds is 7. The standard InChI is InChI=1S/C24H32N4O5S/c29-23-18(12-17-13-21-22(14-20(17)26-23)33-11-10-32-21)16-28(4-3-27-5-8-30-9-6-27)24(34)25-15-19-2-1-7-31-19/h12-14,19H,1-11,15-16H2,(H,25,34)(H,26,29)/t19-/m0/s1. The Kier molecular flexibility index (Phi) is 7.48. The second-order valence-electron chi connectivity index (χ2n) is 8.90. The SMILES string of the molecule is O=c1[nH]c2cc3c(cc2cc1CN(CCN1CCOCC1)C(=S)NC[C@@H]1CCCO1)OCCO3. The van der Waals surface area contributed by atoms with E-state index in [0.29, 0.717) is 48.5 Å². The fourth-order valence-electron chi connectivity index (χ4n) is 4.57. The van der Waals surface area contributed by atoms with Crippen molar-refractivity contribution in [2.24, 2.45) is 0 Å². The van der Waals surface area contributed by atoms with E-state index in [4.69, 9.17) is 31.2 Å². The first-order valence-electron chi connectivity index (χ1n) is 12.1. The van der Waals surface area contributed by atoms with Crippen LogP contribution in [0.1, 0.15) is 18.4 Å². The van der Waals surface area contributed by atoms with Gasteiger partial charge in [0.2, 0.25) is 0 Å². The third-order valence-electron chi connectivity index (χ3n) is 6.53. The monoisotopic (exact) mass is 488 g/mol. The van der Waals surface area contributed by atoms with E-state index in [9.17, 15) is 4.79 Å². The van der Waals surface area contributed by atoms with E-state index in [0.717, 1.165) is 69.7 Å². The van der Waals surface area contributed by atoms with Gasteiger partial charge in [0, 0.05) is 56.3 Å². The highest BCUT2D eigenvalue weighted by Gasteiger charge is 2.20. The average Bonchev–Trinajstić information content (AvgIpc) is 3.38. The minimum atomic E-state index is -0.123. The van der Waals surface area contributed by atoms with Crippen LogP contribution >= 0.6 is 12.2 Å². The van der Waals surface area contributed by atoms with Gasteiger partial charge < -0.3 is 34.1 Å². The Morgan fingerprint density at radius 1 is 1.12 bits per heavy atom. The maximum atomic E-state index is 13.0. The van der Waals surface area contributed by atoms with Gasteiger partial charge in [0.15, 0.2) is 16.6 Å². The lowest BCUT2D eigenvalue weighted by Crippen LogP contribution is -2.47. The van der Waals surface area contributed by atoms with Crippen LogP contribution in [0.3, 0.4) is 0 Å². The summed E-state index contributed by atoms with van der Waals surface area (Å²) in [7, 11) is 0. The molecule has 1 aromatic carbocycles. The van der Waals surface area contributed by atoms with Crippen molar-refractivity contribution in [1.82, 2.24) is 20.1 Å². The highest BCUT2D eigenvalue weighted by atomic mass is 32.1. The van der Waals surface area contributed by atoms with Crippen LogP contribution in [-0.4, -0.2) is 91.8 Å². The van der Waals surface area contributed by atoms with Crippen LogP contribution in [0.4, 0.5) is 0 Å². The minimum absolute atomic E-state index is 0.123. The Morgan fingerprint density at radius 3 is 2.68 bits per heavy atom. The molecule has 3 aliphatic rings. The van der Waals surface area contributed by atoms with Crippen LogP contribution in [0.2, 0.25) is 0 Å². The number of hydrogen-bond acceptors (Lipinski definition) is 7. The Morgan fingerprint density at radius 2 is 1.91 bits per heavy atom. The number of benzene rings is 1. The summed E-state index contributed by atoms with van der Waals surface area (Å²) in [5.41, 5.74) is 1.27. The van der Waals surface area contributed by atoms with Crippen molar-refractivity contribution >= 4 is 28.2 Å². The Balaban J connectivity index is 1.33. The van der Waals surface area contributed by atoms with Crippen molar-refractivity contribution in [1.29, 1.82) is 0 Å². The van der Waals surface area contributed by atoms with Gasteiger partial charge >= 0.3 is 0 Å². The molecule has 0 saturated carbocycles. The van der Waals surface area contributed by atoms with Gasteiger partial charge in [-0.3, -0.25) is 9.69 Å². The van der Waals surface area contributed by atoms with E-state index in [-0.39, 0.29) is 11.7 Å². The van der Waals surface area contributed by atoms with Crippen LogP contribution in [0.5, 0.6) is 11.5 Å². The number of ether oxygens (including phenoxy) is 4. The van der Waals surface area contributed by atoms with Crippen molar-refractivity contribution in [3.63, 3.8) is 0 Å². The van der Waals surface area contributed by atoms with Crippen LogP contribution in [0.25, 0.3) is 10.9 Å². The van der Waals surface area contributed by atoms with E-state index in [2.05, 4.69) is 20.1 Å². The lowest BCUT2D eigenvalue weighted by molar-refractivity contribution is 0.0356. The molecule has 2 fully saturated rings. The largest absolute Gasteiger partial charge is 0.486 e. The molecule has 0 amide bonds. The first-order chi connectivity index (χ1) is 16.7. The number of aromatic nitrogens is 1. The summed E-state index contributed by atoms with van der Waals surface area (Å²) in [6.45, 7) is 7.84. The summed E-state index contributed by atoms with van der Waals surface area (Å²) in [6.07, 6.45) is 2.32. The highest BCUT2D eigenvalue weighted by Crippen LogP contribution is 2.33. The molecule has 2 N–H and O–H groups in total. The molecule has 2 saturated heterocycles. The van der Waals surface area contributed by atoms with Crippen LogP contribution in [0.15, 0.2) is 23.0 Å². The molecular weight excluding hydrogens is 456 g/mol. The maximum absolute atomic E-state index is 13.0. The molecule has 3 aliphatic heterocycles. The first-order valence-corrected chi connectivity index (χ1v) is 12.5. The highest BCUT2D eigenvalue weighted by molar-refractivity contribution is 7.80. The Bertz CT molecular complexity index is 1070. The number of thiocarbonyl (C=S) groups is 1. The van der Waals surface area contributed by atoms with Crippen molar-refractivity contribution in [2.45, 2.75) is 25.5 Å². The summed E-state index contributed by atoms with van der Waals surface area (Å²) in [5, 5.41) is 4.92. The molecule has 4 heterocycles. The molecule has 1 atom stereocenters. The maximum Gasteiger partial charge on any atom is 0.253 e. The second-order valence-corrected chi connectivity index (χ2v) is 9.29. The van der Waals surface area contributed by atoms with Gasteiger partial charge in [-0.25, -0.2) is 0 Å². The number of hydrogen-bond donors (Lipinski definition) is 2. The normalized spacial score (nSPS) is 20.4. The Labute approximate surface area is 204 Å². The fraction of sp³-hybridized carbons (Fsp3) is 0.583. The number of H-pyrrole nitrogens is 1. The van der Waals surface area contributed by atoms with Gasteiger partial charge in [-0.05, 0) is 37.2 Å². The van der Waals surface area contributed by atoms with Gasteiger partial charge in [0.1, 0.15) is 13.2 Å². The molecule has 0 aliphatic carbocycles. The zero-order chi connectivity index (χ0) is 23.3.